The number of benzene rings is 1. The molecule has 18 heavy (non-hydrogen) atoms. The molecule has 1 aromatic heterocycles. The van der Waals surface area contributed by atoms with E-state index in [9.17, 15) is 4.79 Å². The van der Waals surface area contributed by atoms with E-state index in [0.29, 0.717) is 6.04 Å². The first kappa shape index (κ1) is 11.3. The van der Waals surface area contributed by atoms with Gasteiger partial charge in [-0.2, -0.15) is 0 Å². The summed E-state index contributed by atoms with van der Waals surface area (Å²) in [6, 6.07) is 8.29. The van der Waals surface area contributed by atoms with Gasteiger partial charge in [0.25, 0.3) is 5.56 Å². The van der Waals surface area contributed by atoms with Gasteiger partial charge in [0, 0.05) is 28.7 Å². The Kier molecular flexibility index (Phi) is 3.02. The number of hydrogen-bond acceptors (Lipinski definition) is 3. The maximum Gasteiger partial charge on any atom is 0.255 e. The molecule has 3 rings (SSSR count). The Bertz CT molecular complexity index is 599. The lowest BCUT2D eigenvalue weighted by Gasteiger charge is -2.25. The quantitative estimate of drug-likeness (QED) is 0.752. The normalized spacial score (nSPS) is 16.9. The molecule has 0 aliphatic carbocycles. The molecule has 0 amide bonds. The summed E-state index contributed by atoms with van der Waals surface area (Å²) in [6.07, 6.45) is 3.96. The highest BCUT2D eigenvalue weighted by Crippen LogP contribution is 2.22. The van der Waals surface area contributed by atoms with E-state index in [-0.39, 0.29) is 5.56 Å². The van der Waals surface area contributed by atoms with E-state index in [4.69, 9.17) is 0 Å². The summed E-state index contributed by atoms with van der Waals surface area (Å²) in [5.74, 6) is 0. The molecule has 0 radical (unpaired) electrons. The van der Waals surface area contributed by atoms with E-state index >= 15 is 0 Å². The van der Waals surface area contributed by atoms with Crippen molar-refractivity contribution in [3.8, 4) is 0 Å². The molecule has 1 aliphatic rings. The number of aromatic amines is 1. The number of pyridine rings is 1. The van der Waals surface area contributed by atoms with E-state index in [1.54, 1.807) is 6.20 Å². The monoisotopic (exact) mass is 243 g/mol. The Morgan fingerprint density at radius 1 is 1.11 bits per heavy atom. The standard InChI is InChI=1S/C14H17N3O/c18-14-12-2-1-3-13(11(12)6-9-16-14)17-10-4-7-15-8-5-10/h1-3,6,9-10,15,17H,4-5,7-8H2,(H,16,18). The molecule has 1 fully saturated rings. The minimum absolute atomic E-state index is 0.0264. The molecular weight excluding hydrogens is 226 g/mol. The molecule has 3 N–H and O–H groups in total. The lowest BCUT2D eigenvalue weighted by atomic mass is 10.0. The summed E-state index contributed by atoms with van der Waals surface area (Å²) in [5, 5.41) is 8.66. The summed E-state index contributed by atoms with van der Waals surface area (Å²) in [4.78, 5) is 14.4. The number of H-pyrrole nitrogens is 1. The van der Waals surface area contributed by atoms with Crippen LogP contribution in [0.5, 0.6) is 0 Å². The summed E-state index contributed by atoms with van der Waals surface area (Å²) in [6.45, 7) is 2.12. The first-order chi connectivity index (χ1) is 8.84. The Labute approximate surface area is 105 Å². The van der Waals surface area contributed by atoms with Crippen LogP contribution in [0, 0.1) is 0 Å². The lowest BCUT2D eigenvalue weighted by Crippen LogP contribution is -2.35. The number of anilines is 1. The van der Waals surface area contributed by atoms with Crippen LogP contribution in [0.2, 0.25) is 0 Å². The van der Waals surface area contributed by atoms with Crippen LogP contribution in [0.3, 0.4) is 0 Å². The van der Waals surface area contributed by atoms with Crippen molar-refractivity contribution < 1.29 is 0 Å². The summed E-state index contributed by atoms with van der Waals surface area (Å²) in [7, 11) is 0. The second kappa shape index (κ2) is 4.82. The fourth-order valence-corrected chi connectivity index (χ4v) is 2.53. The number of piperidine rings is 1. The number of fused-ring (bicyclic) bond motifs is 1. The topological polar surface area (TPSA) is 56.9 Å². The third kappa shape index (κ3) is 2.11. The molecule has 2 aromatic rings. The minimum Gasteiger partial charge on any atom is -0.382 e. The van der Waals surface area contributed by atoms with Gasteiger partial charge in [0.1, 0.15) is 0 Å². The highest BCUT2D eigenvalue weighted by Gasteiger charge is 2.13. The van der Waals surface area contributed by atoms with Crippen LogP contribution in [-0.4, -0.2) is 24.1 Å². The molecule has 0 spiro atoms. The van der Waals surface area contributed by atoms with Gasteiger partial charge in [-0.3, -0.25) is 4.79 Å². The zero-order chi connectivity index (χ0) is 12.4. The van der Waals surface area contributed by atoms with Crippen LogP contribution >= 0.6 is 0 Å². The lowest BCUT2D eigenvalue weighted by molar-refractivity contribution is 0.479. The van der Waals surface area contributed by atoms with Crippen LogP contribution < -0.4 is 16.2 Å². The van der Waals surface area contributed by atoms with Crippen molar-refractivity contribution in [3.63, 3.8) is 0 Å². The van der Waals surface area contributed by atoms with E-state index in [0.717, 1.165) is 42.4 Å². The van der Waals surface area contributed by atoms with E-state index in [1.165, 1.54) is 0 Å². The predicted octanol–water partition coefficient (Wildman–Crippen LogP) is 1.69. The first-order valence-corrected chi connectivity index (χ1v) is 6.42. The Morgan fingerprint density at radius 3 is 2.78 bits per heavy atom. The SMILES string of the molecule is O=c1[nH]ccc2c(NC3CCNCC3)cccc12. The molecular formula is C14H17N3O. The Hall–Kier alpha value is -1.81. The van der Waals surface area contributed by atoms with E-state index in [2.05, 4.69) is 15.6 Å². The predicted molar refractivity (Wildman–Crippen MR) is 74.1 cm³/mol. The molecule has 1 aromatic carbocycles. The maximum absolute atomic E-state index is 11.7. The Morgan fingerprint density at radius 2 is 1.94 bits per heavy atom. The maximum atomic E-state index is 11.7. The van der Waals surface area contributed by atoms with E-state index < -0.39 is 0 Å². The molecule has 0 saturated carbocycles. The van der Waals surface area contributed by atoms with Gasteiger partial charge in [-0.15, -0.1) is 0 Å². The molecule has 94 valence electrons. The zero-order valence-corrected chi connectivity index (χ0v) is 10.2. The van der Waals surface area contributed by atoms with Gasteiger partial charge in [0.15, 0.2) is 0 Å². The minimum atomic E-state index is -0.0264. The molecule has 4 nitrogen and oxygen atoms in total. The van der Waals surface area contributed by atoms with Crippen LogP contribution in [0.15, 0.2) is 35.3 Å². The molecule has 4 heteroatoms. The van der Waals surface area contributed by atoms with Crippen molar-refractivity contribution in [3.05, 3.63) is 40.8 Å². The molecule has 0 bridgehead atoms. The van der Waals surface area contributed by atoms with Crippen molar-refractivity contribution >= 4 is 16.5 Å². The largest absolute Gasteiger partial charge is 0.382 e. The van der Waals surface area contributed by atoms with Gasteiger partial charge >= 0.3 is 0 Å². The van der Waals surface area contributed by atoms with Crippen LogP contribution in [0.1, 0.15) is 12.8 Å². The van der Waals surface area contributed by atoms with Gasteiger partial charge in [0.05, 0.1) is 0 Å². The van der Waals surface area contributed by atoms with Crippen LogP contribution in [0.4, 0.5) is 5.69 Å². The van der Waals surface area contributed by atoms with Gasteiger partial charge in [-0.1, -0.05) is 6.07 Å². The van der Waals surface area contributed by atoms with Crippen molar-refractivity contribution in [2.75, 3.05) is 18.4 Å². The van der Waals surface area contributed by atoms with Gasteiger partial charge < -0.3 is 15.6 Å². The molecule has 0 atom stereocenters. The van der Waals surface area contributed by atoms with Crippen molar-refractivity contribution in [1.82, 2.24) is 10.3 Å². The fourth-order valence-electron chi connectivity index (χ4n) is 2.53. The average Bonchev–Trinajstić information content (AvgIpc) is 2.41. The summed E-state index contributed by atoms with van der Waals surface area (Å²) in [5.41, 5.74) is 1.03. The van der Waals surface area contributed by atoms with Gasteiger partial charge in [-0.25, -0.2) is 0 Å². The smallest absolute Gasteiger partial charge is 0.255 e. The highest BCUT2D eigenvalue weighted by atomic mass is 16.1. The molecule has 1 saturated heterocycles. The van der Waals surface area contributed by atoms with Crippen molar-refractivity contribution in [2.45, 2.75) is 18.9 Å². The van der Waals surface area contributed by atoms with Gasteiger partial charge in [0.2, 0.25) is 0 Å². The first-order valence-electron chi connectivity index (χ1n) is 6.42. The molecule has 1 aliphatic heterocycles. The highest BCUT2D eigenvalue weighted by molar-refractivity contribution is 5.93. The second-order valence-electron chi connectivity index (χ2n) is 4.74. The average molecular weight is 243 g/mol. The summed E-state index contributed by atoms with van der Waals surface area (Å²) < 4.78 is 0. The third-order valence-electron chi connectivity index (χ3n) is 3.51. The number of aromatic nitrogens is 1. The fraction of sp³-hybridized carbons (Fsp3) is 0.357. The second-order valence-corrected chi connectivity index (χ2v) is 4.74. The molecule has 2 heterocycles. The van der Waals surface area contributed by atoms with Crippen LogP contribution in [-0.2, 0) is 0 Å². The Balaban J connectivity index is 1.96. The van der Waals surface area contributed by atoms with Gasteiger partial charge in [-0.05, 0) is 44.1 Å². The van der Waals surface area contributed by atoms with E-state index in [1.807, 2.05) is 24.3 Å². The number of nitrogens with one attached hydrogen (secondary N) is 3. The zero-order valence-electron chi connectivity index (χ0n) is 10.2. The van der Waals surface area contributed by atoms with Crippen molar-refractivity contribution in [1.29, 1.82) is 0 Å². The number of hydrogen-bond donors (Lipinski definition) is 3. The summed E-state index contributed by atoms with van der Waals surface area (Å²) >= 11 is 0. The van der Waals surface area contributed by atoms with Crippen LogP contribution in [0.25, 0.3) is 10.8 Å². The molecule has 0 unspecified atom stereocenters. The van der Waals surface area contributed by atoms with Crippen molar-refractivity contribution in [2.24, 2.45) is 0 Å². The number of rotatable bonds is 2. The third-order valence-corrected chi connectivity index (χ3v) is 3.51.